The van der Waals surface area contributed by atoms with E-state index in [4.69, 9.17) is 4.74 Å². The third-order valence-corrected chi connectivity index (χ3v) is 5.09. The Kier molecular flexibility index (Phi) is 5.96. The van der Waals surface area contributed by atoms with Crippen LogP contribution >= 0.6 is 0 Å². The lowest BCUT2D eigenvalue weighted by molar-refractivity contribution is -0.153. The fraction of sp³-hybridized carbons (Fsp3) is 0.364. The van der Waals surface area contributed by atoms with Crippen LogP contribution in [-0.4, -0.2) is 23.8 Å². The van der Waals surface area contributed by atoms with Gasteiger partial charge in [-0.05, 0) is 61.2 Å². The van der Waals surface area contributed by atoms with Crippen LogP contribution in [0.5, 0.6) is 5.75 Å². The molecule has 1 aliphatic carbocycles. The Hall–Kier alpha value is -3.12. The lowest BCUT2D eigenvalue weighted by Crippen LogP contribution is -2.39. The zero-order valence-electron chi connectivity index (χ0n) is 16.6. The van der Waals surface area contributed by atoms with Crippen LogP contribution in [0.25, 0.3) is 0 Å². The molecule has 0 unspecified atom stereocenters. The zero-order valence-corrected chi connectivity index (χ0v) is 16.6. The van der Waals surface area contributed by atoms with Crippen molar-refractivity contribution in [1.82, 2.24) is 5.32 Å². The number of hydrogen-bond acceptors (Lipinski definition) is 4. The Morgan fingerprint density at radius 3 is 2.42 bits per heavy atom. The minimum absolute atomic E-state index is 0.105. The van der Waals surface area contributed by atoms with Crippen LogP contribution in [0, 0.1) is 17.1 Å². The molecule has 1 saturated carbocycles. The predicted molar refractivity (Wildman–Crippen MR) is 102 cm³/mol. The van der Waals surface area contributed by atoms with Gasteiger partial charge in [-0.3, -0.25) is 4.79 Å². The number of nitrogens with zero attached hydrogens (tertiary/aromatic N) is 1. The molecule has 2 N–H and O–H groups in total. The van der Waals surface area contributed by atoms with Crippen LogP contribution in [0.3, 0.4) is 0 Å². The van der Waals surface area contributed by atoms with Crippen LogP contribution in [0.2, 0.25) is 0 Å². The third-order valence-electron chi connectivity index (χ3n) is 5.09. The monoisotopic (exact) mass is 436 g/mol. The van der Waals surface area contributed by atoms with E-state index in [1.807, 2.05) is 6.07 Å². The van der Waals surface area contributed by atoms with Crippen LogP contribution in [0.15, 0.2) is 42.5 Å². The summed E-state index contributed by atoms with van der Waals surface area (Å²) in [4.78, 5) is 12.6. The summed E-state index contributed by atoms with van der Waals surface area (Å²) in [5.74, 6) is -1.08. The first-order valence-electron chi connectivity index (χ1n) is 9.47. The number of carbonyl (C=O) groups is 1. The number of aliphatic hydroxyl groups is 1. The van der Waals surface area contributed by atoms with Crippen LogP contribution in [-0.2, 0) is 15.9 Å². The maximum absolute atomic E-state index is 13.1. The number of nitrogens with one attached hydrogen (secondary N) is 1. The van der Waals surface area contributed by atoms with Gasteiger partial charge in [0.05, 0.1) is 29.2 Å². The zero-order chi connectivity index (χ0) is 22.9. The number of carbonyl (C=O) groups excluding carboxylic acids is 1. The van der Waals surface area contributed by atoms with E-state index in [2.05, 4.69) is 5.32 Å². The van der Waals surface area contributed by atoms with E-state index in [-0.39, 0.29) is 17.7 Å². The van der Waals surface area contributed by atoms with E-state index >= 15 is 0 Å². The van der Waals surface area contributed by atoms with Gasteiger partial charge >= 0.3 is 6.18 Å². The van der Waals surface area contributed by atoms with E-state index < -0.39 is 35.6 Å². The number of alkyl halides is 3. The molecular formula is C22H20F4N2O3. The molecule has 9 heteroatoms. The normalized spacial score (nSPS) is 16.7. The first-order valence-corrected chi connectivity index (χ1v) is 9.47. The highest BCUT2D eigenvalue weighted by Crippen LogP contribution is 2.47. The van der Waals surface area contributed by atoms with Crippen molar-refractivity contribution in [3.05, 3.63) is 65.0 Å². The van der Waals surface area contributed by atoms with Gasteiger partial charge in [0.1, 0.15) is 11.6 Å². The molecule has 2 aromatic carbocycles. The van der Waals surface area contributed by atoms with Gasteiger partial charge in [-0.1, -0.05) is 12.1 Å². The van der Waals surface area contributed by atoms with Crippen LogP contribution < -0.4 is 10.1 Å². The number of halogens is 4. The van der Waals surface area contributed by atoms with E-state index in [9.17, 15) is 32.7 Å². The van der Waals surface area contributed by atoms with Gasteiger partial charge < -0.3 is 15.2 Å². The summed E-state index contributed by atoms with van der Waals surface area (Å²) < 4.78 is 55.3. The molecule has 1 amide bonds. The predicted octanol–water partition coefficient (Wildman–Crippen LogP) is 4.04. The Bertz CT molecular complexity index is 1010. The second kappa shape index (κ2) is 8.19. The highest BCUT2D eigenvalue weighted by atomic mass is 19.4. The first kappa shape index (κ1) is 22.6. The van der Waals surface area contributed by atoms with Crippen molar-refractivity contribution < 1.29 is 32.2 Å². The van der Waals surface area contributed by atoms with Crippen LogP contribution in [0.4, 0.5) is 17.6 Å². The Morgan fingerprint density at radius 2 is 1.87 bits per heavy atom. The van der Waals surface area contributed by atoms with Crippen molar-refractivity contribution >= 4 is 5.91 Å². The number of amides is 1. The molecule has 1 atom stereocenters. The number of benzene rings is 2. The summed E-state index contributed by atoms with van der Waals surface area (Å²) >= 11 is 0. The Balaban J connectivity index is 1.75. The van der Waals surface area contributed by atoms with Gasteiger partial charge in [0, 0.05) is 0 Å². The fourth-order valence-corrected chi connectivity index (χ4v) is 3.33. The molecule has 0 spiro atoms. The third kappa shape index (κ3) is 5.73. The number of hydrogen-bond donors (Lipinski definition) is 2. The largest absolute Gasteiger partial charge is 0.484 e. The summed E-state index contributed by atoms with van der Waals surface area (Å²) in [7, 11) is 0. The average molecular weight is 436 g/mol. The maximum atomic E-state index is 13.1. The molecule has 0 radical (unpaired) electrons. The van der Waals surface area contributed by atoms with Gasteiger partial charge in [0.2, 0.25) is 5.91 Å². The molecule has 164 valence electrons. The molecule has 0 aliphatic heterocycles. The molecule has 0 aromatic heterocycles. The van der Waals surface area contributed by atoms with Gasteiger partial charge in [-0.25, -0.2) is 4.39 Å². The smallest absolute Gasteiger partial charge is 0.422 e. The van der Waals surface area contributed by atoms with Crippen molar-refractivity contribution in [2.24, 2.45) is 0 Å². The first-order chi connectivity index (χ1) is 14.4. The van der Waals surface area contributed by atoms with Gasteiger partial charge in [-0.2, -0.15) is 18.4 Å². The van der Waals surface area contributed by atoms with E-state index in [0.717, 1.165) is 0 Å². The molecule has 0 bridgehead atoms. The summed E-state index contributed by atoms with van der Waals surface area (Å²) in [6, 6.07) is 11.1. The van der Waals surface area contributed by atoms with E-state index in [1.54, 1.807) is 0 Å². The van der Waals surface area contributed by atoms with Gasteiger partial charge in [0.25, 0.3) is 0 Å². The molecule has 1 fully saturated rings. The van der Waals surface area contributed by atoms with Gasteiger partial charge in [0.15, 0.2) is 6.61 Å². The lowest BCUT2D eigenvalue weighted by Gasteiger charge is -2.26. The minimum Gasteiger partial charge on any atom is -0.484 e. The molecular weight excluding hydrogens is 416 g/mol. The highest BCUT2D eigenvalue weighted by Gasteiger charge is 2.47. The number of rotatable bonds is 7. The van der Waals surface area contributed by atoms with Crippen molar-refractivity contribution in [3.63, 3.8) is 0 Å². The fourth-order valence-electron chi connectivity index (χ4n) is 3.33. The van der Waals surface area contributed by atoms with E-state index in [0.29, 0.717) is 24.0 Å². The number of ether oxygens (including phenoxy) is 1. The molecule has 0 heterocycles. The topological polar surface area (TPSA) is 82.4 Å². The summed E-state index contributed by atoms with van der Waals surface area (Å²) in [6.45, 7) is -0.0695. The van der Waals surface area contributed by atoms with Crippen LogP contribution in [0.1, 0.15) is 42.9 Å². The molecule has 5 nitrogen and oxygen atoms in total. The molecule has 2 aromatic rings. The molecule has 0 saturated heterocycles. The van der Waals surface area contributed by atoms with Crippen molar-refractivity contribution in [1.29, 1.82) is 5.26 Å². The quantitative estimate of drug-likeness (QED) is 0.642. The average Bonchev–Trinajstić information content (AvgIpc) is 3.46. The highest BCUT2D eigenvalue weighted by molar-refractivity contribution is 5.79. The SMILES string of the molecule is C[C@@](O)(CC(=O)NC1(c2cc(C#N)cc(OCC(F)(F)F)c2)CC1)c1ccc(F)cc1. The van der Waals surface area contributed by atoms with Gasteiger partial charge in [-0.15, -0.1) is 0 Å². The summed E-state index contributed by atoms with van der Waals surface area (Å²) in [5, 5.41) is 22.7. The molecule has 1 aliphatic rings. The van der Waals surface area contributed by atoms with Crippen molar-refractivity contribution in [3.8, 4) is 11.8 Å². The minimum atomic E-state index is -4.53. The number of nitriles is 1. The summed E-state index contributed by atoms with van der Waals surface area (Å²) in [6.07, 6.45) is -3.80. The Labute approximate surface area is 176 Å². The molecule has 3 rings (SSSR count). The standard InChI is InChI=1S/C22H20F4N2O3/c1-20(30,15-2-4-17(23)5-3-15)11-19(29)28-21(6-7-21)16-8-14(12-27)9-18(10-16)31-13-22(24,25)26/h2-5,8-10,30H,6-7,11,13H2,1H3,(H,28,29)/t20-/m1/s1. The second-order valence-electron chi connectivity index (χ2n) is 7.85. The maximum Gasteiger partial charge on any atom is 0.422 e. The lowest BCUT2D eigenvalue weighted by atomic mass is 9.91. The van der Waals surface area contributed by atoms with Crippen molar-refractivity contribution in [2.75, 3.05) is 6.61 Å². The van der Waals surface area contributed by atoms with E-state index in [1.165, 1.54) is 49.4 Å². The Morgan fingerprint density at radius 1 is 1.23 bits per heavy atom. The molecule has 31 heavy (non-hydrogen) atoms. The summed E-state index contributed by atoms with van der Waals surface area (Å²) in [5.41, 5.74) is -1.47. The van der Waals surface area contributed by atoms with Crippen molar-refractivity contribution in [2.45, 2.75) is 43.5 Å². The second-order valence-corrected chi connectivity index (χ2v) is 7.85.